The molecule has 1 N–H and O–H groups in total. The number of fused-ring (bicyclic) bond motifs is 2. The van der Waals surface area contributed by atoms with Gasteiger partial charge in [0.1, 0.15) is 11.3 Å². The number of furan rings is 1. The third-order valence-corrected chi connectivity index (χ3v) is 5.91. The normalized spacial score (nSPS) is 30.0. The summed E-state index contributed by atoms with van der Waals surface area (Å²) in [6.07, 6.45) is 5.33. The molecule has 1 saturated heterocycles. The summed E-state index contributed by atoms with van der Waals surface area (Å²) in [6, 6.07) is 12.4. The maximum absolute atomic E-state index is 10.6. The Labute approximate surface area is 146 Å². The number of aromatic nitrogens is 2. The molecule has 1 aliphatic heterocycles. The van der Waals surface area contributed by atoms with Crippen molar-refractivity contribution in [2.24, 2.45) is 11.8 Å². The minimum Gasteiger partial charge on any atom is -0.460 e. The van der Waals surface area contributed by atoms with Crippen LogP contribution in [0.4, 0.5) is 0 Å². The molecular weight excluding hydrogens is 314 g/mol. The molecule has 0 spiro atoms. The van der Waals surface area contributed by atoms with Crippen molar-refractivity contribution in [3.8, 4) is 0 Å². The molecule has 130 valence electrons. The molecule has 5 rings (SSSR count). The molecule has 3 aromatic rings. The molecule has 0 unspecified atom stereocenters. The molecule has 3 heterocycles. The topological polar surface area (TPSA) is 54.4 Å². The van der Waals surface area contributed by atoms with E-state index in [4.69, 9.17) is 4.42 Å². The van der Waals surface area contributed by atoms with Crippen molar-refractivity contribution in [3.63, 3.8) is 0 Å². The standard InChI is InChI=1S/C20H23N3O2/c24-19-10-16-12-22(11-15(16)9-18(19)23-7-3-6-21-23)13-17-8-14-4-1-2-5-20(14)25-17/h1-8,15-16,18-19,24H,9-13H2/t15-,16+,18-,19-/m1/s1. The van der Waals surface area contributed by atoms with Gasteiger partial charge in [-0.15, -0.1) is 0 Å². The summed E-state index contributed by atoms with van der Waals surface area (Å²) in [5, 5.41) is 16.1. The van der Waals surface area contributed by atoms with E-state index in [9.17, 15) is 5.11 Å². The van der Waals surface area contributed by atoms with Crippen LogP contribution in [0.25, 0.3) is 11.0 Å². The number of nitrogens with zero attached hydrogens (tertiary/aromatic N) is 3. The van der Waals surface area contributed by atoms with Crippen molar-refractivity contribution in [2.45, 2.75) is 31.5 Å². The second kappa shape index (κ2) is 6.00. The van der Waals surface area contributed by atoms with Crippen molar-refractivity contribution in [1.29, 1.82) is 0 Å². The first-order valence-electron chi connectivity index (χ1n) is 9.13. The summed E-state index contributed by atoms with van der Waals surface area (Å²) >= 11 is 0. The molecule has 2 aliphatic rings. The molecule has 4 atom stereocenters. The molecule has 5 nitrogen and oxygen atoms in total. The lowest BCUT2D eigenvalue weighted by Crippen LogP contribution is -2.36. The van der Waals surface area contributed by atoms with Gasteiger partial charge in [-0.2, -0.15) is 5.10 Å². The Bertz CT molecular complexity index is 824. The van der Waals surface area contributed by atoms with Gasteiger partial charge in [-0.25, -0.2) is 0 Å². The summed E-state index contributed by atoms with van der Waals surface area (Å²) in [6.45, 7) is 2.97. The number of hydrogen-bond acceptors (Lipinski definition) is 4. The number of hydrogen-bond donors (Lipinski definition) is 1. The van der Waals surface area contributed by atoms with Gasteiger partial charge in [0.25, 0.3) is 0 Å². The SMILES string of the molecule is O[C@@H]1C[C@H]2CN(Cc3cc4ccccc4o3)C[C@H]2C[C@H]1n1cccn1. The van der Waals surface area contributed by atoms with Crippen LogP contribution >= 0.6 is 0 Å². The van der Waals surface area contributed by atoms with Crippen molar-refractivity contribution in [3.05, 3.63) is 54.6 Å². The summed E-state index contributed by atoms with van der Waals surface area (Å²) in [5.74, 6) is 2.23. The summed E-state index contributed by atoms with van der Waals surface area (Å²) in [5.41, 5.74) is 0.961. The predicted octanol–water partition coefficient (Wildman–Crippen LogP) is 3.07. The number of rotatable bonds is 3. The first-order chi connectivity index (χ1) is 12.3. The fourth-order valence-corrected chi connectivity index (χ4v) is 4.73. The average Bonchev–Trinajstić information content (AvgIpc) is 3.32. The van der Waals surface area contributed by atoms with Gasteiger partial charge in [-0.3, -0.25) is 9.58 Å². The Morgan fingerprint density at radius 2 is 1.96 bits per heavy atom. The van der Waals surface area contributed by atoms with Gasteiger partial charge >= 0.3 is 0 Å². The van der Waals surface area contributed by atoms with Crippen LogP contribution in [-0.2, 0) is 6.54 Å². The van der Waals surface area contributed by atoms with Crippen LogP contribution in [0.1, 0.15) is 24.6 Å². The van der Waals surface area contributed by atoms with E-state index in [1.54, 1.807) is 6.20 Å². The summed E-state index contributed by atoms with van der Waals surface area (Å²) in [4.78, 5) is 2.48. The highest BCUT2D eigenvalue weighted by Crippen LogP contribution is 2.41. The Morgan fingerprint density at radius 3 is 2.76 bits per heavy atom. The van der Waals surface area contributed by atoms with Crippen LogP contribution in [0.15, 0.2) is 53.2 Å². The van der Waals surface area contributed by atoms with Crippen molar-refractivity contribution >= 4 is 11.0 Å². The van der Waals surface area contributed by atoms with E-state index in [0.29, 0.717) is 11.8 Å². The number of para-hydroxylation sites is 1. The minimum absolute atomic E-state index is 0.113. The van der Waals surface area contributed by atoms with Gasteiger partial charge in [0.15, 0.2) is 0 Å². The third-order valence-electron chi connectivity index (χ3n) is 5.91. The molecule has 0 bridgehead atoms. The highest BCUT2D eigenvalue weighted by molar-refractivity contribution is 5.77. The largest absolute Gasteiger partial charge is 0.460 e. The van der Waals surface area contributed by atoms with Crippen LogP contribution in [0.3, 0.4) is 0 Å². The van der Waals surface area contributed by atoms with Crippen molar-refractivity contribution in [2.75, 3.05) is 13.1 Å². The molecule has 1 saturated carbocycles. The van der Waals surface area contributed by atoms with Crippen molar-refractivity contribution < 1.29 is 9.52 Å². The molecule has 2 aromatic heterocycles. The summed E-state index contributed by atoms with van der Waals surface area (Å²) < 4.78 is 7.91. The van der Waals surface area contributed by atoms with Gasteiger partial charge in [0.2, 0.25) is 0 Å². The van der Waals surface area contributed by atoms with Crippen LogP contribution in [-0.4, -0.2) is 39.0 Å². The van der Waals surface area contributed by atoms with Crippen LogP contribution < -0.4 is 0 Å². The predicted molar refractivity (Wildman–Crippen MR) is 95.0 cm³/mol. The van der Waals surface area contributed by atoms with Gasteiger partial charge in [-0.05, 0) is 42.9 Å². The Morgan fingerprint density at radius 1 is 1.12 bits per heavy atom. The lowest BCUT2D eigenvalue weighted by molar-refractivity contribution is 0.0306. The second-order valence-corrected chi connectivity index (χ2v) is 7.56. The Hall–Kier alpha value is -2.11. The molecule has 2 fully saturated rings. The third kappa shape index (κ3) is 2.77. The Balaban J connectivity index is 1.29. The Kier molecular flexibility index (Phi) is 3.64. The zero-order chi connectivity index (χ0) is 16.8. The fraction of sp³-hybridized carbons (Fsp3) is 0.450. The van der Waals surface area contributed by atoms with Gasteiger partial charge in [-0.1, -0.05) is 18.2 Å². The van der Waals surface area contributed by atoms with Crippen LogP contribution in [0.2, 0.25) is 0 Å². The fourth-order valence-electron chi connectivity index (χ4n) is 4.73. The zero-order valence-electron chi connectivity index (χ0n) is 14.2. The van der Waals surface area contributed by atoms with E-state index in [1.807, 2.05) is 35.1 Å². The second-order valence-electron chi connectivity index (χ2n) is 7.56. The van der Waals surface area contributed by atoms with Crippen molar-refractivity contribution in [1.82, 2.24) is 14.7 Å². The first kappa shape index (κ1) is 15.2. The molecule has 1 aromatic carbocycles. The number of aliphatic hydroxyl groups excluding tert-OH is 1. The molecular formula is C20H23N3O2. The minimum atomic E-state index is -0.299. The van der Waals surface area contributed by atoms with E-state index in [2.05, 4.69) is 22.1 Å². The molecule has 1 aliphatic carbocycles. The quantitative estimate of drug-likeness (QED) is 0.798. The molecule has 0 amide bonds. The zero-order valence-corrected chi connectivity index (χ0v) is 14.2. The lowest BCUT2D eigenvalue weighted by atomic mass is 9.77. The number of benzene rings is 1. The van der Waals surface area contributed by atoms with Crippen LogP contribution in [0, 0.1) is 11.8 Å². The van der Waals surface area contributed by atoms with Gasteiger partial charge < -0.3 is 9.52 Å². The smallest absolute Gasteiger partial charge is 0.134 e. The van der Waals surface area contributed by atoms with E-state index < -0.39 is 0 Å². The average molecular weight is 337 g/mol. The van der Waals surface area contributed by atoms with E-state index >= 15 is 0 Å². The number of likely N-dealkylation sites (tertiary alicyclic amines) is 1. The maximum Gasteiger partial charge on any atom is 0.134 e. The summed E-state index contributed by atoms with van der Waals surface area (Å²) in [7, 11) is 0. The van der Waals surface area contributed by atoms with E-state index in [-0.39, 0.29) is 12.1 Å². The molecule has 0 radical (unpaired) electrons. The molecule has 25 heavy (non-hydrogen) atoms. The van der Waals surface area contributed by atoms with Crippen LogP contribution in [0.5, 0.6) is 0 Å². The lowest BCUT2D eigenvalue weighted by Gasteiger charge is -2.35. The highest BCUT2D eigenvalue weighted by Gasteiger charge is 2.42. The van der Waals surface area contributed by atoms with Gasteiger partial charge in [0.05, 0.1) is 18.7 Å². The highest BCUT2D eigenvalue weighted by atomic mass is 16.3. The number of aliphatic hydroxyl groups is 1. The molecule has 5 heteroatoms. The van der Waals surface area contributed by atoms with Gasteiger partial charge in [0, 0.05) is 30.9 Å². The maximum atomic E-state index is 10.6. The van der Waals surface area contributed by atoms with E-state index in [1.165, 1.54) is 5.39 Å². The first-order valence-corrected chi connectivity index (χ1v) is 9.13. The van der Waals surface area contributed by atoms with E-state index in [0.717, 1.165) is 43.8 Å². The monoisotopic (exact) mass is 337 g/mol.